The lowest BCUT2D eigenvalue weighted by molar-refractivity contribution is -0.138. The van der Waals surface area contributed by atoms with Crippen molar-refractivity contribution in [3.8, 4) is 11.5 Å². The minimum absolute atomic E-state index is 0.0346. The number of aryl methyl sites for hydroxylation is 1. The van der Waals surface area contributed by atoms with Crippen molar-refractivity contribution in [2.75, 3.05) is 7.11 Å². The molecule has 1 aromatic carbocycles. The molecule has 0 bridgehead atoms. The highest BCUT2D eigenvalue weighted by molar-refractivity contribution is 5.70. The van der Waals surface area contributed by atoms with Gasteiger partial charge < -0.3 is 14.9 Å². The first-order chi connectivity index (χ1) is 8.20. The van der Waals surface area contributed by atoms with Gasteiger partial charge in [0.1, 0.15) is 11.5 Å². The van der Waals surface area contributed by atoms with Crippen LogP contribution in [-0.4, -0.2) is 23.3 Å². The maximum atomic E-state index is 10.9. The number of methoxy groups -OCH3 is 1. The molecule has 4 heteroatoms. The number of benzene rings is 1. The molecule has 18 heavy (non-hydrogen) atoms. The zero-order valence-corrected chi connectivity index (χ0v) is 11.5. The summed E-state index contributed by atoms with van der Waals surface area (Å²) in [6.07, 6.45) is -0.0346. The van der Waals surface area contributed by atoms with Crippen molar-refractivity contribution in [2.45, 2.75) is 39.5 Å². The van der Waals surface area contributed by atoms with E-state index in [9.17, 15) is 9.90 Å². The van der Waals surface area contributed by atoms with Gasteiger partial charge in [0.2, 0.25) is 0 Å². The van der Waals surface area contributed by atoms with Crippen LogP contribution in [0.3, 0.4) is 0 Å². The first kappa shape index (κ1) is 14.4. The monoisotopic (exact) mass is 252 g/mol. The quantitative estimate of drug-likeness (QED) is 0.864. The van der Waals surface area contributed by atoms with Gasteiger partial charge in [-0.2, -0.15) is 0 Å². The third kappa shape index (κ3) is 2.58. The molecule has 0 aliphatic carbocycles. The van der Waals surface area contributed by atoms with Crippen LogP contribution in [0.25, 0.3) is 0 Å². The minimum Gasteiger partial charge on any atom is -0.507 e. The third-order valence-electron chi connectivity index (χ3n) is 3.19. The van der Waals surface area contributed by atoms with E-state index in [0.29, 0.717) is 16.9 Å². The molecule has 1 rings (SSSR count). The first-order valence-corrected chi connectivity index (χ1v) is 5.80. The highest BCUT2D eigenvalue weighted by Crippen LogP contribution is 2.41. The Morgan fingerprint density at radius 2 is 1.94 bits per heavy atom. The SMILES string of the molecule is COc1cc(C)c(C(C)(C)CC(=O)O)c(O)c1C. The first-order valence-electron chi connectivity index (χ1n) is 5.80. The summed E-state index contributed by atoms with van der Waals surface area (Å²) >= 11 is 0. The number of hydrogen-bond acceptors (Lipinski definition) is 3. The Morgan fingerprint density at radius 1 is 1.39 bits per heavy atom. The predicted molar refractivity (Wildman–Crippen MR) is 69.4 cm³/mol. The molecule has 4 nitrogen and oxygen atoms in total. The maximum absolute atomic E-state index is 10.9. The Hall–Kier alpha value is -1.71. The van der Waals surface area contributed by atoms with Gasteiger partial charge in [-0.3, -0.25) is 4.79 Å². The van der Waals surface area contributed by atoms with Crippen LogP contribution in [0.5, 0.6) is 11.5 Å². The van der Waals surface area contributed by atoms with E-state index in [4.69, 9.17) is 9.84 Å². The van der Waals surface area contributed by atoms with Crippen molar-refractivity contribution in [1.82, 2.24) is 0 Å². The molecule has 0 spiro atoms. The van der Waals surface area contributed by atoms with Crippen molar-refractivity contribution in [2.24, 2.45) is 0 Å². The molecule has 0 aliphatic rings. The number of hydrogen-bond donors (Lipinski definition) is 2. The normalized spacial score (nSPS) is 11.4. The topological polar surface area (TPSA) is 66.8 Å². The Morgan fingerprint density at radius 3 is 2.39 bits per heavy atom. The molecule has 100 valence electrons. The van der Waals surface area contributed by atoms with Gasteiger partial charge in [0.15, 0.2) is 0 Å². The lowest BCUT2D eigenvalue weighted by Crippen LogP contribution is -2.23. The Balaban J connectivity index is 3.42. The molecular formula is C14H20O4. The van der Waals surface area contributed by atoms with Gasteiger partial charge in [0.05, 0.1) is 13.5 Å². The van der Waals surface area contributed by atoms with E-state index in [1.165, 1.54) is 0 Å². The summed E-state index contributed by atoms with van der Waals surface area (Å²) < 4.78 is 5.18. The summed E-state index contributed by atoms with van der Waals surface area (Å²) in [4.78, 5) is 10.9. The fraction of sp³-hybridized carbons (Fsp3) is 0.500. The molecule has 2 N–H and O–H groups in total. The van der Waals surface area contributed by atoms with E-state index in [-0.39, 0.29) is 12.2 Å². The zero-order chi connectivity index (χ0) is 14.1. The summed E-state index contributed by atoms with van der Waals surface area (Å²) in [7, 11) is 1.54. The maximum Gasteiger partial charge on any atom is 0.304 e. The fourth-order valence-electron chi connectivity index (χ4n) is 2.40. The van der Waals surface area contributed by atoms with Crippen LogP contribution in [0, 0.1) is 13.8 Å². The van der Waals surface area contributed by atoms with Crippen LogP contribution in [0.2, 0.25) is 0 Å². The van der Waals surface area contributed by atoms with E-state index in [1.807, 2.05) is 26.8 Å². The van der Waals surface area contributed by atoms with E-state index in [2.05, 4.69) is 0 Å². The zero-order valence-electron chi connectivity index (χ0n) is 11.5. The number of carboxylic acids is 1. The number of carboxylic acid groups (broad SMARTS) is 1. The molecule has 0 fully saturated rings. The number of aliphatic carboxylic acids is 1. The second-order valence-electron chi connectivity index (χ2n) is 5.20. The molecule has 1 aromatic rings. The third-order valence-corrected chi connectivity index (χ3v) is 3.19. The Labute approximate surface area is 107 Å². The van der Waals surface area contributed by atoms with Crippen molar-refractivity contribution >= 4 is 5.97 Å². The molecule has 0 saturated heterocycles. The second kappa shape index (κ2) is 4.88. The number of carbonyl (C=O) groups is 1. The lowest BCUT2D eigenvalue weighted by atomic mass is 9.78. The van der Waals surface area contributed by atoms with E-state index < -0.39 is 11.4 Å². The molecule has 0 atom stereocenters. The number of phenols is 1. The molecule has 0 saturated carbocycles. The van der Waals surface area contributed by atoms with Crippen LogP contribution in [-0.2, 0) is 10.2 Å². The number of ether oxygens (including phenoxy) is 1. The number of rotatable bonds is 4. The van der Waals surface area contributed by atoms with Gasteiger partial charge in [-0.15, -0.1) is 0 Å². The summed E-state index contributed by atoms with van der Waals surface area (Å²) in [5, 5.41) is 19.2. The van der Waals surface area contributed by atoms with Gasteiger partial charge in [-0.05, 0) is 25.5 Å². The lowest BCUT2D eigenvalue weighted by Gasteiger charge is -2.27. The van der Waals surface area contributed by atoms with Crippen LogP contribution in [0.1, 0.15) is 37.0 Å². The van der Waals surface area contributed by atoms with Crippen molar-refractivity contribution in [3.05, 3.63) is 22.8 Å². The van der Waals surface area contributed by atoms with E-state index >= 15 is 0 Å². The molecule has 0 amide bonds. The van der Waals surface area contributed by atoms with Crippen LogP contribution in [0.15, 0.2) is 6.07 Å². The highest BCUT2D eigenvalue weighted by Gasteiger charge is 2.30. The summed E-state index contributed by atoms with van der Waals surface area (Å²) in [5.41, 5.74) is 1.51. The number of aromatic hydroxyl groups is 1. The predicted octanol–water partition coefficient (Wildman–Crippen LogP) is 2.77. The van der Waals surface area contributed by atoms with Crippen molar-refractivity contribution < 1.29 is 19.7 Å². The summed E-state index contributed by atoms with van der Waals surface area (Å²) in [6.45, 7) is 7.23. The van der Waals surface area contributed by atoms with E-state index in [0.717, 1.165) is 5.56 Å². The fourth-order valence-corrected chi connectivity index (χ4v) is 2.40. The molecule has 0 aromatic heterocycles. The Kier molecular flexibility index (Phi) is 3.89. The Bertz CT molecular complexity index is 475. The molecular weight excluding hydrogens is 232 g/mol. The van der Waals surface area contributed by atoms with Crippen LogP contribution < -0.4 is 4.74 Å². The van der Waals surface area contributed by atoms with Gasteiger partial charge in [0, 0.05) is 16.5 Å². The molecule has 0 radical (unpaired) electrons. The van der Waals surface area contributed by atoms with Gasteiger partial charge in [-0.25, -0.2) is 0 Å². The molecule has 0 unspecified atom stereocenters. The smallest absolute Gasteiger partial charge is 0.304 e. The second-order valence-corrected chi connectivity index (χ2v) is 5.20. The van der Waals surface area contributed by atoms with Crippen LogP contribution in [0.4, 0.5) is 0 Å². The summed E-state index contributed by atoms with van der Waals surface area (Å²) in [6, 6.07) is 1.83. The van der Waals surface area contributed by atoms with Gasteiger partial charge in [0.25, 0.3) is 0 Å². The largest absolute Gasteiger partial charge is 0.507 e. The minimum atomic E-state index is -0.882. The molecule has 0 heterocycles. The van der Waals surface area contributed by atoms with E-state index in [1.54, 1.807) is 14.0 Å². The number of phenolic OH excluding ortho intramolecular Hbond substituents is 1. The summed E-state index contributed by atoms with van der Waals surface area (Å²) in [5.74, 6) is -0.148. The average Bonchev–Trinajstić information content (AvgIpc) is 2.21. The molecule has 0 aliphatic heterocycles. The van der Waals surface area contributed by atoms with Gasteiger partial charge in [-0.1, -0.05) is 13.8 Å². The highest BCUT2D eigenvalue weighted by atomic mass is 16.5. The van der Waals surface area contributed by atoms with Crippen LogP contribution >= 0.6 is 0 Å². The van der Waals surface area contributed by atoms with Crippen molar-refractivity contribution in [3.63, 3.8) is 0 Å². The average molecular weight is 252 g/mol. The van der Waals surface area contributed by atoms with Gasteiger partial charge >= 0.3 is 5.97 Å². The standard InChI is InChI=1S/C14H20O4/c1-8-6-10(18-5)9(2)13(17)12(8)14(3,4)7-11(15)16/h6,17H,7H2,1-5H3,(H,15,16). The van der Waals surface area contributed by atoms with Crippen molar-refractivity contribution in [1.29, 1.82) is 0 Å².